The molecule has 4 rings (SSSR count). The lowest BCUT2D eigenvalue weighted by Crippen LogP contribution is -2.39. The number of benzene rings is 1. The van der Waals surface area contributed by atoms with E-state index in [9.17, 15) is 14.9 Å². The maximum absolute atomic E-state index is 12.4. The van der Waals surface area contributed by atoms with Crippen LogP contribution in [-0.4, -0.2) is 21.8 Å². The number of carbonyl (C=O) groups excluding carboxylic acids is 1. The standard InChI is InChI=1S/C21H18N4O3S/c1-25-19(21(27)28-24-25)18(26)12-29-20-16(11-22)10-15-9-14(7-8-17(15)23-20)13-5-3-2-4-6-13/h2-6,10,14H,7-9,12H2,1H3/p+1. The molecule has 1 aliphatic rings. The van der Waals surface area contributed by atoms with Crippen molar-refractivity contribution in [2.45, 2.75) is 30.2 Å². The molecule has 7 nitrogen and oxygen atoms in total. The Balaban J connectivity index is 1.54. The number of thioether (sulfide) groups is 1. The number of rotatable bonds is 5. The summed E-state index contributed by atoms with van der Waals surface area (Å²) in [5, 5.41) is 12.4. The number of H-pyrrole nitrogens is 1. The van der Waals surface area contributed by atoms with Crippen LogP contribution in [0.25, 0.3) is 0 Å². The molecule has 0 spiro atoms. The van der Waals surface area contributed by atoms with Crippen LogP contribution in [-0.2, 0) is 19.9 Å². The number of fused-ring (bicyclic) bond motifs is 1. The molecule has 0 amide bonds. The van der Waals surface area contributed by atoms with Crippen LogP contribution in [0.2, 0.25) is 0 Å². The van der Waals surface area contributed by atoms with Gasteiger partial charge < -0.3 is 0 Å². The van der Waals surface area contributed by atoms with Gasteiger partial charge in [-0.25, -0.2) is 9.78 Å². The number of hydrogen-bond donors (Lipinski definition) is 1. The summed E-state index contributed by atoms with van der Waals surface area (Å²) in [6, 6.07) is 14.5. The number of pyridine rings is 1. The molecule has 2 aromatic heterocycles. The molecule has 1 N–H and O–H groups in total. The van der Waals surface area contributed by atoms with Gasteiger partial charge in [0, 0.05) is 5.69 Å². The van der Waals surface area contributed by atoms with E-state index < -0.39 is 5.63 Å². The van der Waals surface area contributed by atoms with E-state index in [0.717, 1.165) is 30.5 Å². The first-order valence-corrected chi connectivity index (χ1v) is 10.3. The molecule has 0 aliphatic heterocycles. The first kappa shape index (κ1) is 19.2. The summed E-state index contributed by atoms with van der Waals surface area (Å²) >= 11 is 1.17. The fourth-order valence-electron chi connectivity index (χ4n) is 3.69. The predicted octanol–water partition coefficient (Wildman–Crippen LogP) is 2.31. The fraction of sp³-hybridized carbons (Fsp3) is 0.286. The van der Waals surface area contributed by atoms with E-state index >= 15 is 0 Å². The molecule has 1 atom stereocenters. The van der Waals surface area contributed by atoms with Crippen LogP contribution in [0.3, 0.4) is 0 Å². The number of aryl methyl sites for hydroxylation is 2. The third-order valence-corrected chi connectivity index (χ3v) is 6.14. The minimum absolute atomic E-state index is 0.00353. The number of ketones is 1. The molecule has 3 aromatic rings. The molecule has 146 valence electrons. The Morgan fingerprint density at radius 2 is 2.21 bits per heavy atom. The minimum atomic E-state index is -0.705. The average molecular weight is 407 g/mol. The van der Waals surface area contributed by atoms with Crippen LogP contribution in [0.4, 0.5) is 0 Å². The van der Waals surface area contributed by atoms with E-state index in [4.69, 9.17) is 0 Å². The number of aromatic amines is 1. The number of nitriles is 1. The number of carbonyl (C=O) groups is 1. The number of nitrogens with one attached hydrogen (secondary N) is 1. The lowest BCUT2D eigenvalue weighted by molar-refractivity contribution is -0.741. The minimum Gasteiger partial charge on any atom is -0.286 e. The molecule has 1 aromatic carbocycles. The van der Waals surface area contributed by atoms with E-state index in [0.29, 0.717) is 16.5 Å². The molecular formula is C21H19N4O3S+. The Kier molecular flexibility index (Phi) is 5.32. The molecule has 0 bridgehead atoms. The summed E-state index contributed by atoms with van der Waals surface area (Å²) < 4.78 is 5.87. The number of aromatic nitrogens is 3. The Morgan fingerprint density at radius 3 is 2.90 bits per heavy atom. The maximum atomic E-state index is 12.4. The van der Waals surface area contributed by atoms with Crippen molar-refractivity contribution in [3.8, 4) is 6.07 Å². The van der Waals surface area contributed by atoms with Gasteiger partial charge in [-0.2, -0.15) is 5.26 Å². The molecule has 0 saturated carbocycles. The zero-order chi connectivity index (χ0) is 20.4. The Bertz CT molecular complexity index is 1160. The van der Waals surface area contributed by atoms with E-state index in [1.807, 2.05) is 24.3 Å². The fourth-order valence-corrected chi connectivity index (χ4v) is 4.53. The van der Waals surface area contributed by atoms with Crippen LogP contribution in [0.5, 0.6) is 0 Å². The average Bonchev–Trinajstić information content (AvgIpc) is 3.09. The largest absolute Gasteiger partial charge is 0.438 e. The van der Waals surface area contributed by atoms with E-state index in [1.165, 1.54) is 29.1 Å². The van der Waals surface area contributed by atoms with Gasteiger partial charge in [-0.1, -0.05) is 46.8 Å². The second kappa shape index (κ2) is 8.05. The Hall–Kier alpha value is -3.18. The maximum Gasteiger partial charge on any atom is 0.438 e. The third-order valence-electron chi connectivity index (χ3n) is 5.15. The topological polar surface area (TPSA) is 104 Å². The van der Waals surface area contributed by atoms with Crippen molar-refractivity contribution in [2.75, 3.05) is 5.75 Å². The highest BCUT2D eigenvalue weighted by Gasteiger charge is 2.27. The van der Waals surface area contributed by atoms with Crippen molar-refractivity contribution in [1.82, 2.24) is 10.3 Å². The third kappa shape index (κ3) is 3.87. The monoisotopic (exact) mass is 407 g/mol. The van der Waals surface area contributed by atoms with Crippen LogP contribution in [0, 0.1) is 11.3 Å². The van der Waals surface area contributed by atoms with Crippen molar-refractivity contribution in [1.29, 1.82) is 5.26 Å². The molecular weight excluding hydrogens is 388 g/mol. The number of Topliss-reactive ketones (excluding diaryl/α,β-unsaturated/α-hetero) is 1. The molecule has 0 fully saturated rings. The van der Waals surface area contributed by atoms with Crippen molar-refractivity contribution < 1.29 is 14.0 Å². The van der Waals surface area contributed by atoms with E-state index in [2.05, 4.69) is 33.0 Å². The highest BCUT2D eigenvalue weighted by atomic mass is 32.2. The van der Waals surface area contributed by atoms with E-state index in [1.54, 1.807) is 0 Å². The highest BCUT2D eigenvalue weighted by molar-refractivity contribution is 8.00. The van der Waals surface area contributed by atoms with Crippen LogP contribution in [0.1, 0.15) is 45.2 Å². The first-order chi connectivity index (χ1) is 14.1. The predicted molar refractivity (Wildman–Crippen MR) is 106 cm³/mol. The van der Waals surface area contributed by atoms with Crippen molar-refractivity contribution in [3.63, 3.8) is 0 Å². The van der Waals surface area contributed by atoms with Gasteiger partial charge in [-0.3, -0.25) is 9.32 Å². The van der Waals surface area contributed by atoms with Gasteiger partial charge in [0.05, 0.1) is 11.3 Å². The molecule has 8 heteroatoms. The molecule has 29 heavy (non-hydrogen) atoms. The van der Waals surface area contributed by atoms with Crippen molar-refractivity contribution >= 4 is 17.5 Å². The second-order valence-electron chi connectivity index (χ2n) is 7.01. The summed E-state index contributed by atoms with van der Waals surface area (Å²) in [4.78, 5) is 28.7. The SMILES string of the molecule is C[n+]1[nH]oc(=O)c1C(=O)CSc1nc2c(cc1C#N)CC(c1ccccc1)CC2. The van der Waals surface area contributed by atoms with Crippen molar-refractivity contribution in [2.24, 2.45) is 7.05 Å². The summed E-state index contributed by atoms with van der Waals surface area (Å²) in [6.07, 6.45) is 2.68. The van der Waals surface area contributed by atoms with Gasteiger partial charge in [-0.15, -0.1) is 0 Å². The zero-order valence-electron chi connectivity index (χ0n) is 15.8. The summed E-state index contributed by atoms with van der Waals surface area (Å²) in [5.74, 6) is 0.0498. The van der Waals surface area contributed by atoms with Gasteiger partial charge in [-0.05, 0) is 47.6 Å². The lowest BCUT2D eigenvalue weighted by Gasteiger charge is -2.25. The van der Waals surface area contributed by atoms with Crippen LogP contribution < -0.4 is 10.3 Å². The summed E-state index contributed by atoms with van der Waals surface area (Å²) in [7, 11) is 1.53. The van der Waals surface area contributed by atoms with Gasteiger partial charge in [0.25, 0.3) is 0 Å². The quantitative estimate of drug-likeness (QED) is 0.395. The molecule has 1 unspecified atom stereocenters. The van der Waals surface area contributed by atoms with Crippen LogP contribution in [0.15, 0.2) is 50.7 Å². The Labute approximate surface area is 171 Å². The smallest absolute Gasteiger partial charge is 0.286 e. The van der Waals surface area contributed by atoms with E-state index in [-0.39, 0.29) is 17.2 Å². The molecule has 0 saturated heterocycles. The lowest BCUT2D eigenvalue weighted by atomic mass is 9.82. The highest BCUT2D eigenvalue weighted by Crippen LogP contribution is 2.34. The Morgan fingerprint density at radius 1 is 1.41 bits per heavy atom. The van der Waals surface area contributed by atoms with Gasteiger partial charge in [0.2, 0.25) is 5.78 Å². The second-order valence-corrected chi connectivity index (χ2v) is 7.97. The summed E-state index contributed by atoms with van der Waals surface area (Å²) in [5.41, 5.74) is 3.08. The van der Waals surface area contributed by atoms with Crippen LogP contribution >= 0.6 is 11.8 Å². The molecule has 0 radical (unpaired) electrons. The number of hydrogen-bond acceptors (Lipinski definition) is 6. The molecule has 2 heterocycles. The van der Waals surface area contributed by atoms with Crippen molar-refractivity contribution in [3.05, 3.63) is 74.9 Å². The van der Waals surface area contributed by atoms with Gasteiger partial charge >= 0.3 is 11.3 Å². The molecule has 1 aliphatic carbocycles. The number of nitrogens with zero attached hydrogens (tertiary/aromatic N) is 3. The first-order valence-electron chi connectivity index (χ1n) is 9.28. The summed E-state index contributed by atoms with van der Waals surface area (Å²) in [6.45, 7) is 0. The van der Waals surface area contributed by atoms with Gasteiger partial charge in [0.15, 0.2) is 7.05 Å². The normalized spacial score (nSPS) is 15.5. The zero-order valence-corrected chi connectivity index (χ0v) is 16.7. The van der Waals surface area contributed by atoms with Gasteiger partial charge in [0.1, 0.15) is 11.1 Å².